The average Bonchev–Trinajstić information content (AvgIpc) is 2.61. The predicted octanol–water partition coefficient (Wildman–Crippen LogP) is 0.572. The zero-order chi connectivity index (χ0) is 19.4. The molecule has 1 aliphatic heterocycles. The fourth-order valence-electron chi connectivity index (χ4n) is 2.85. The van der Waals surface area contributed by atoms with Crippen molar-refractivity contribution in [3.05, 3.63) is 33.9 Å². The molecule has 0 spiro atoms. The topological polar surface area (TPSA) is 147 Å². The van der Waals surface area contributed by atoms with Crippen molar-refractivity contribution in [2.24, 2.45) is 5.92 Å². The summed E-state index contributed by atoms with van der Waals surface area (Å²) in [4.78, 5) is 48.6. The van der Waals surface area contributed by atoms with Crippen molar-refractivity contribution in [2.45, 2.75) is 12.8 Å². The molecule has 140 valence electrons. The minimum atomic E-state index is -0.870. The number of carboxylic acid groups (broad SMARTS) is 1. The number of likely N-dealkylation sites (N-methyl/N-ethyl adjacent to an activating group) is 1. The molecule has 1 fully saturated rings. The van der Waals surface area contributed by atoms with Gasteiger partial charge in [-0.2, -0.15) is 0 Å². The minimum absolute atomic E-state index is 0.0425. The summed E-state index contributed by atoms with van der Waals surface area (Å²) in [5, 5.41) is 19.9. The Morgan fingerprint density at radius 1 is 1.35 bits per heavy atom. The molecule has 1 aromatic carbocycles. The van der Waals surface area contributed by atoms with Gasteiger partial charge in [0.1, 0.15) is 5.69 Å². The molecule has 1 aliphatic rings. The molecular formula is C16H20N4O6. The van der Waals surface area contributed by atoms with Gasteiger partial charge in [-0.3, -0.25) is 24.5 Å². The maximum Gasteiger partial charge on any atom is 0.306 e. The molecule has 10 nitrogen and oxygen atoms in total. The fraction of sp³-hybridized carbons (Fsp3) is 0.438. The Morgan fingerprint density at radius 2 is 1.96 bits per heavy atom. The van der Waals surface area contributed by atoms with E-state index in [1.165, 1.54) is 30.1 Å². The van der Waals surface area contributed by atoms with Gasteiger partial charge in [-0.15, -0.1) is 0 Å². The largest absolute Gasteiger partial charge is 0.481 e. The molecule has 1 saturated heterocycles. The van der Waals surface area contributed by atoms with Gasteiger partial charge in [0, 0.05) is 26.2 Å². The molecule has 26 heavy (non-hydrogen) atoms. The molecular weight excluding hydrogens is 344 g/mol. The number of nitrogens with zero attached hydrogens (tertiary/aromatic N) is 3. The highest BCUT2D eigenvalue weighted by Gasteiger charge is 2.28. The van der Waals surface area contributed by atoms with Crippen molar-refractivity contribution in [3.63, 3.8) is 0 Å². The SMILES string of the molecule is CN(CC(=O)N1CCC(C(=O)O)CC1)C(=O)c1cccc([N+](=O)[O-])c1N. The summed E-state index contributed by atoms with van der Waals surface area (Å²) in [6.07, 6.45) is 0.743. The zero-order valence-corrected chi connectivity index (χ0v) is 14.3. The fourth-order valence-corrected chi connectivity index (χ4v) is 2.85. The number of hydrogen-bond acceptors (Lipinski definition) is 6. The van der Waals surface area contributed by atoms with Gasteiger partial charge in [-0.1, -0.05) is 6.07 Å². The van der Waals surface area contributed by atoms with Crippen LogP contribution in [0.15, 0.2) is 18.2 Å². The van der Waals surface area contributed by atoms with Crippen LogP contribution < -0.4 is 5.73 Å². The number of nitrogen functional groups attached to an aromatic ring is 1. The monoisotopic (exact) mass is 364 g/mol. The second kappa shape index (κ2) is 7.81. The van der Waals surface area contributed by atoms with Crippen LogP contribution in [0.5, 0.6) is 0 Å². The summed E-state index contributed by atoms with van der Waals surface area (Å²) in [6.45, 7) is 0.409. The summed E-state index contributed by atoms with van der Waals surface area (Å²) >= 11 is 0. The molecule has 2 rings (SSSR count). The Kier molecular flexibility index (Phi) is 5.75. The molecule has 0 bridgehead atoms. The molecule has 0 unspecified atom stereocenters. The molecule has 0 saturated carbocycles. The van der Waals surface area contributed by atoms with E-state index in [2.05, 4.69) is 0 Å². The van der Waals surface area contributed by atoms with Crippen molar-refractivity contribution < 1.29 is 24.4 Å². The number of carbonyl (C=O) groups is 3. The standard InChI is InChI=1S/C16H20N4O6/c1-18(9-13(21)19-7-5-10(6-8-19)16(23)24)15(22)11-3-2-4-12(14(11)17)20(25)26/h2-4,10H,5-9,17H2,1H3,(H,23,24). The maximum atomic E-state index is 12.5. The number of rotatable bonds is 5. The van der Waals surface area contributed by atoms with Crippen LogP contribution in [0.3, 0.4) is 0 Å². The van der Waals surface area contributed by atoms with E-state index in [0.717, 1.165) is 4.90 Å². The van der Waals surface area contributed by atoms with Gasteiger partial charge in [0.2, 0.25) is 5.91 Å². The number of nitro groups is 1. The first-order valence-electron chi connectivity index (χ1n) is 8.01. The van der Waals surface area contributed by atoms with Crippen LogP contribution >= 0.6 is 0 Å². The van der Waals surface area contributed by atoms with Crippen molar-refractivity contribution in [1.82, 2.24) is 9.80 Å². The first kappa shape index (κ1) is 19.2. The van der Waals surface area contributed by atoms with Crippen LogP contribution in [0.1, 0.15) is 23.2 Å². The molecule has 0 aliphatic carbocycles. The number of carbonyl (C=O) groups excluding carboxylic acids is 2. The van der Waals surface area contributed by atoms with E-state index in [-0.39, 0.29) is 29.4 Å². The number of nitro benzene ring substituents is 1. The van der Waals surface area contributed by atoms with Gasteiger partial charge >= 0.3 is 5.97 Å². The molecule has 2 amide bonds. The van der Waals surface area contributed by atoms with Crippen molar-refractivity contribution >= 4 is 29.2 Å². The predicted molar refractivity (Wildman–Crippen MR) is 91.4 cm³/mol. The van der Waals surface area contributed by atoms with E-state index >= 15 is 0 Å². The number of hydrogen-bond donors (Lipinski definition) is 2. The first-order chi connectivity index (χ1) is 12.2. The smallest absolute Gasteiger partial charge is 0.306 e. The Morgan fingerprint density at radius 3 is 2.50 bits per heavy atom. The normalized spacial score (nSPS) is 14.7. The van der Waals surface area contributed by atoms with Crippen molar-refractivity contribution in [1.29, 1.82) is 0 Å². The highest BCUT2D eigenvalue weighted by atomic mass is 16.6. The molecule has 1 aromatic rings. The lowest BCUT2D eigenvalue weighted by Gasteiger charge is -2.31. The highest BCUT2D eigenvalue weighted by molar-refractivity contribution is 6.02. The zero-order valence-electron chi connectivity index (χ0n) is 14.3. The summed E-state index contributed by atoms with van der Waals surface area (Å²) in [6, 6.07) is 3.92. The Balaban J connectivity index is 2.01. The van der Waals surface area contributed by atoms with Gasteiger partial charge in [0.25, 0.3) is 11.6 Å². The van der Waals surface area contributed by atoms with Crippen LogP contribution in [-0.4, -0.2) is 64.3 Å². The van der Waals surface area contributed by atoms with E-state index in [9.17, 15) is 24.5 Å². The molecule has 0 aromatic heterocycles. The lowest BCUT2D eigenvalue weighted by Crippen LogP contribution is -2.45. The quantitative estimate of drug-likeness (QED) is 0.441. The summed E-state index contributed by atoms with van der Waals surface area (Å²) in [7, 11) is 1.41. The Bertz CT molecular complexity index is 742. The lowest BCUT2D eigenvalue weighted by molar-refractivity contribution is -0.383. The Hall–Kier alpha value is -3.17. The Labute approximate surface area is 149 Å². The summed E-state index contributed by atoms with van der Waals surface area (Å²) < 4.78 is 0. The third kappa shape index (κ3) is 4.08. The number of benzene rings is 1. The van der Waals surface area contributed by atoms with Crippen LogP contribution in [0.4, 0.5) is 11.4 Å². The molecule has 1 heterocycles. The van der Waals surface area contributed by atoms with Crippen LogP contribution in [0.2, 0.25) is 0 Å². The van der Waals surface area contributed by atoms with E-state index in [4.69, 9.17) is 10.8 Å². The highest BCUT2D eigenvalue weighted by Crippen LogP contribution is 2.25. The van der Waals surface area contributed by atoms with Gasteiger partial charge in [0.05, 0.1) is 22.9 Å². The maximum absolute atomic E-state index is 12.5. The number of nitrogens with two attached hydrogens (primary N) is 1. The number of anilines is 1. The molecule has 3 N–H and O–H groups in total. The van der Waals surface area contributed by atoms with E-state index < -0.39 is 22.7 Å². The first-order valence-corrected chi connectivity index (χ1v) is 8.01. The molecule has 10 heteroatoms. The number of para-hydroxylation sites is 1. The second-order valence-corrected chi connectivity index (χ2v) is 6.15. The van der Waals surface area contributed by atoms with Gasteiger partial charge in [-0.25, -0.2) is 0 Å². The minimum Gasteiger partial charge on any atom is -0.481 e. The van der Waals surface area contributed by atoms with E-state index in [0.29, 0.717) is 25.9 Å². The number of amides is 2. The second-order valence-electron chi connectivity index (χ2n) is 6.15. The molecule has 0 radical (unpaired) electrons. The van der Waals surface area contributed by atoms with E-state index in [1.54, 1.807) is 0 Å². The van der Waals surface area contributed by atoms with E-state index in [1.807, 2.05) is 0 Å². The van der Waals surface area contributed by atoms with Crippen LogP contribution in [-0.2, 0) is 9.59 Å². The number of carboxylic acids is 1. The van der Waals surface area contributed by atoms with Crippen LogP contribution in [0, 0.1) is 16.0 Å². The van der Waals surface area contributed by atoms with Gasteiger partial charge in [-0.05, 0) is 18.9 Å². The summed E-state index contributed by atoms with van der Waals surface area (Å²) in [5.74, 6) is -2.23. The van der Waals surface area contributed by atoms with Crippen molar-refractivity contribution in [2.75, 3.05) is 32.4 Å². The number of likely N-dealkylation sites (tertiary alicyclic amines) is 1. The van der Waals surface area contributed by atoms with Gasteiger partial charge < -0.3 is 20.6 Å². The average molecular weight is 364 g/mol. The third-order valence-electron chi connectivity index (χ3n) is 4.43. The lowest BCUT2D eigenvalue weighted by atomic mass is 9.97. The van der Waals surface area contributed by atoms with Crippen LogP contribution in [0.25, 0.3) is 0 Å². The van der Waals surface area contributed by atoms with Crippen molar-refractivity contribution in [3.8, 4) is 0 Å². The number of aliphatic carboxylic acids is 1. The molecule has 0 atom stereocenters. The number of piperidine rings is 1. The summed E-state index contributed by atoms with van der Waals surface area (Å²) in [5.41, 5.74) is 5.04. The third-order valence-corrected chi connectivity index (χ3v) is 4.43. The van der Waals surface area contributed by atoms with Gasteiger partial charge in [0.15, 0.2) is 0 Å².